The van der Waals surface area contributed by atoms with Gasteiger partial charge in [0.15, 0.2) is 0 Å². The zero-order chi connectivity index (χ0) is 13.2. The Morgan fingerprint density at radius 1 is 1.22 bits per heavy atom. The van der Waals surface area contributed by atoms with Crippen molar-refractivity contribution in [3.63, 3.8) is 0 Å². The van der Waals surface area contributed by atoms with Crippen molar-refractivity contribution in [3.8, 4) is 0 Å². The highest BCUT2D eigenvalue weighted by Gasteiger charge is 2.11. The second-order valence-electron chi connectivity index (χ2n) is 5.95. The lowest BCUT2D eigenvalue weighted by Crippen LogP contribution is -2.20. The zero-order valence-electron chi connectivity index (χ0n) is 11.3. The maximum atomic E-state index is 6.35. The number of aromatic amines is 1. The van der Waals surface area contributed by atoms with Crippen LogP contribution in [0.5, 0.6) is 0 Å². The van der Waals surface area contributed by atoms with Crippen molar-refractivity contribution in [2.45, 2.75) is 33.7 Å². The Morgan fingerprint density at radius 2 is 1.94 bits per heavy atom. The van der Waals surface area contributed by atoms with Crippen molar-refractivity contribution in [2.24, 2.45) is 5.41 Å². The predicted molar refractivity (Wildman–Crippen MR) is 79.1 cm³/mol. The second kappa shape index (κ2) is 5.33. The number of benzene rings is 1. The van der Waals surface area contributed by atoms with Crippen LogP contribution < -0.4 is 5.32 Å². The lowest BCUT2D eigenvalue weighted by molar-refractivity contribution is 0.366. The lowest BCUT2D eigenvalue weighted by atomic mass is 9.92. The third-order valence-electron chi connectivity index (χ3n) is 3.07. The van der Waals surface area contributed by atoms with Gasteiger partial charge in [-0.3, -0.25) is 0 Å². The summed E-state index contributed by atoms with van der Waals surface area (Å²) in [6, 6.07) is 8.14. The third kappa shape index (κ3) is 3.27. The van der Waals surface area contributed by atoms with Gasteiger partial charge in [-0.25, -0.2) is 0 Å². The van der Waals surface area contributed by atoms with E-state index >= 15 is 0 Å². The molecule has 0 atom stereocenters. The summed E-state index contributed by atoms with van der Waals surface area (Å²) in [6.07, 6.45) is 1.16. The van der Waals surface area contributed by atoms with Crippen molar-refractivity contribution < 1.29 is 0 Å². The van der Waals surface area contributed by atoms with Crippen LogP contribution in [0.25, 0.3) is 10.9 Å². The average molecular weight is 265 g/mol. The van der Waals surface area contributed by atoms with E-state index < -0.39 is 0 Å². The number of H-pyrrole nitrogens is 1. The average Bonchev–Trinajstić information content (AvgIpc) is 2.62. The van der Waals surface area contributed by atoms with E-state index in [4.69, 9.17) is 11.6 Å². The Hall–Kier alpha value is -0.990. The molecule has 2 rings (SSSR count). The maximum absolute atomic E-state index is 6.35. The standard InChI is InChI=1S/C15H21ClN2/c1-15(2,3)8-9-17-10-13-14(16)11-6-4-5-7-12(11)18-13/h4-7,17-18H,8-10H2,1-3H3. The summed E-state index contributed by atoms with van der Waals surface area (Å²) >= 11 is 6.35. The van der Waals surface area contributed by atoms with Gasteiger partial charge in [-0.15, -0.1) is 0 Å². The molecule has 0 aliphatic heterocycles. The normalized spacial score (nSPS) is 12.2. The molecule has 2 N–H and O–H groups in total. The van der Waals surface area contributed by atoms with E-state index in [0.717, 1.165) is 41.1 Å². The van der Waals surface area contributed by atoms with E-state index in [1.165, 1.54) is 0 Å². The van der Waals surface area contributed by atoms with Crippen LogP contribution in [-0.2, 0) is 6.54 Å². The third-order valence-corrected chi connectivity index (χ3v) is 3.50. The smallest absolute Gasteiger partial charge is 0.0705 e. The van der Waals surface area contributed by atoms with E-state index in [1.54, 1.807) is 0 Å². The first kappa shape index (κ1) is 13.4. The molecule has 0 saturated carbocycles. The van der Waals surface area contributed by atoms with Gasteiger partial charge in [0, 0.05) is 23.1 Å². The Morgan fingerprint density at radius 3 is 2.61 bits per heavy atom. The van der Waals surface area contributed by atoms with Gasteiger partial charge in [-0.1, -0.05) is 50.6 Å². The molecule has 0 bridgehead atoms. The van der Waals surface area contributed by atoms with Crippen LogP contribution in [0.15, 0.2) is 24.3 Å². The number of hydrogen-bond donors (Lipinski definition) is 2. The Balaban J connectivity index is 1.98. The number of aromatic nitrogens is 1. The number of fused-ring (bicyclic) bond motifs is 1. The van der Waals surface area contributed by atoms with Crippen molar-refractivity contribution in [1.29, 1.82) is 0 Å². The minimum absolute atomic E-state index is 0.372. The first-order valence-electron chi connectivity index (χ1n) is 6.43. The number of nitrogens with one attached hydrogen (secondary N) is 2. The minimum atomic E-state index is 0.372. The van der Waals surface area contributed by atoms with Crippen molar-refractivity contribution in [2.75, 3.05) is 6.54 Å². The molecule has 0 saturated heterocycles. The van der Waals surface area contributed by atoms with E-state index in [2.05, 4.69) is 37.1 Å². The quantitative estimate of drug-likeness (QED) is 0.790. The molecule has 98 valence electrons. The van der Waals surface area contributed by atoms with Crippen molar-refractivity contribution >= 4 is 22.5 Å². The Kier molecular flexibility index (Phi) is 3.98. The molecule has 0 radical (unpaired) electrons. The summed E-state index contributed by atoms with van der Waals surface area (Å²) in [4.78, 5) is 3.37. The van der Waals surface area contributed by atoms with E-state index in [0.29, 0.717) is 5.41 Å². The van der Waals surface area contributed by atoms with Crippen LogP contribution in [0.2, 0.25) is 5.02 Å². The SMILES string of the molecule is CC(C)(C)CCNCc1[nH]c2ccccc2c1Cl. The minimum Gasteiger partial charge on any atom is -0.356 e. The van der Waals surface area contributed by atoms with E-state index in [-0.39, 0.29) is 0 Å². The highest BCUT2D eigenvalue weighted by Crippen LogP contribution is 2.27. The fourth-order valence-electron chi connectivity index (χ4n) is 1.96. The highest BCUT2D eigenvalue weighted by molar-refractivity contribution is 6.36. The van der Waals surface area contributed by atoms with Gasteiger partial charge in [0.2, 0.25) is 0 Å². The summed E-state index contributed by atoms with van der Waals surface area (Å²) in [7, 11) is 0. The van der Waals surface area contributed by atoms with Crippen LogP contribution in [0.4, 0.5) is 0 Å². The summed E-state index contributed by atoms with van der Waals surface area (Å²) in [5.41, 5.74) is 2.55. The van der Waals surface area contributed by atoms with Gasteiger partial charge in [-0.05, 0) is 24.4 Å². The second-order valence-corrected chi connectivity index (χ2v) is 6.33. The van der Waals surface area contributed by atoms with E-state index in [1.807, 2.05) is 18.2 Å². The zero-order valence-corrected chi connectivity index (χ0v) is 12.1. The van der Waals surface area contributed by atoms with Crippen LogP contribution in [-0.4, -0.2) is 11.5 Å². The Labute approximate surface area is 114 Å². The molecule has 0 aliphatic rings. The molecule has 0 spiro atoms. The monoisotopic (exact) mass is 264 g/mol. The first-order valence-corrected chi connectivity index (χ1v) is 6.81. The van der Waals surface area contributed by atoms with Crippen LogP contribution in [0, 0.1) is 5.41 Å². The number of para-hydroxylation sites is 1. The summed E-state index contributed by atoms with van der Waals surface area (Å²) in [5.74, 6) is 0. The molecule has 1 heterocycles. The molecule has 0 unspecified atom stereocenters. The fraction of sp³-hybridized carbons (Fsp3) is 0.467. The largest absolute Gasteiger partial charge is 0.356 e. The lowest BCUT2D eigenvalue weighted by Gasteiger charge is -2.17. The van der Waals surface area contributed by atoms with Gasteiger partial charge >= 0.3 is 0 Å². The number of hydrogen-bond acceptors (Lipinski definition) is 1. The van der Waals surface area contributed by atoms with Crippen LogP contribution >= 0.6 is 11.6 Å². The predicted octanol–water partition coefficient (Wildman–Crippen LogP) is 4.35. The van der Waals surface area contributed by atoms with Crippen LogP contribution in [0.1, 0.15) is 32.9 Å². The molecule has 0 aliphatic carbocycles. The van der Waals surface area contributed by atoms with Gasteiger partial charge in [-0.2, -0.15) is 0 Å². The summed E-state index contributed by atoms with van der Waals surface area (Å²) in [6.45, 7) is 8.57. The first-order chi connectivity index (χ1) is 8.47. The van der Waals surface area contributed by atoms with Gasteiger partial charge in [0.25, 0.3) is 0 Å². The summed E-state index contributed by atoms with van der Waals surface area (Å²) < 4.78 is 0. The molecule has 0 amide bonds. The van der Waals surface area contributed by atoms with Crippen molar-refractivity contribution in [1.82, 2.24) is 10.3 Å². The van der Waals surface area contributed by atoms with Gasteiger partial charge in [0.05, 0.1) is 5.02 Å². The molecule has 18 heavy (non-hydrogen) atoms. The number of rotatable bonds is 4. The molecular formula is C15H21ClN2. The Bertz CT molecular complexity index is 523. The van der Waals surface area contributed by atoms with Crippen LogP contribution in [0.3, 0.4) is 0 Å². The topological polar surface area (TPSA) is 27.8 Å². The fourth-order valence-corrected chi connectivity index (χ4v) is 2.24. The maximum Gasteiger partial charge on any atom is 0.0705 e. The molecule has 2 nitrogen and oxygen atoms in total. The molecule has 3 heteroatoms. The molecular weight excluding hydrogens is 244 g/mol. The molecule has 0 fully saturated rings. The summed E-state index contributed by atoms with van der Waals surface area (Å²) in [5, 5.41) is 5.39. The molecule has 1 aromatic carbocycles. The van der Waals surface area contributed by atoms with Gasteiger partial charge in [0.1, 0.15) is 0 Å². The molecule has 1 aromatic heterocycles. The van der Waals surface area contributed by atoms with E-state index in [9.17, 15) is 0 Å². The molecule has 2 aromatic rings. The van der Waals surface area contributed by atoms with Gasteiger partial charge < -0.3 is 10.3 Å². The van der Waals surface area contributed by atoms with Crippen molar-refractivity contribution in [3.05, 3.63) is 35.0 Å². The number of halogens is 1. The highest BCUT2D eigenvalue weighted by atomic mass is 35.5.